The summed E-state index contributed by atoms with van der Waals surface area (Å²) in [7, 11) is 1.65. The molecule has 9 heteroatoms. The van der Waals surface area contributed by atoms with Crippen molar-refractivity contribution in [3.05, 3.63) is 23.8 Å². The van der Waals surface area contributed by atoms with Gasteiger partial charge in [-0.15, -0.1) is 0 Å². The fourth-order valence-electron chi connectivity index (χ4n) is 4.98. The van der Waals surface area contributed by atoms with Crippen molar-refractivity contribution < 1.29 is 38.4 Å². The first kappa shape index (κ1) is 34.7. The molecule has 0 spiro atoms. The quantitative estimate of drug-likeness (QED) is 0.179. The molecule has 2 N–H and O–H groups in total. The Bertz CT molecular complexity index is 958. The molecule has 1 aromatic carbocycles. The molecule has 0 unspecified atom stereocenters. The van der Waals surface area contributed by atoms with E-state index in [-0.39, 0.29) is 24.4 Å². The van der Waals surface area contributed by atoms with Crippen molar-refractivity contribution in [2.45, 2.75) is 104 Å². The topological polar surface area (TPSA) is 113 Å². The SMILES string of the molecule is COCCCOc1cc(C[C@](CCC(C)C)(NC(=O)OC(C)(C)C)[C@@H]2C[C@@H](C(C)C)C(=O)O2)ccc1OCCCO. The lowest BCUT2D eigenvalue weighted by Crippen LogP contribution is -2.59. The Hall–Kier alpha value is -2.52. The fourth-order valence-corrected chi connectivity index (χ4v) is 4.98. The summed E-state index contributed by atoms with van der Waals surface area (Å²) in [4.78, 5) is 26.2. The first-order valence-corrected chi connectivity index (χ1v) is 15.0. The number of esters is 1. The van der Waals surface area contributed by atoms with Gasteiger partial charge in [0.05, 0.1) is 24.7 Å². The molecule has 1 heterocycles. The lowest BCUT2D eigenvalue weighted by Gasteiger charge is -2.40. The van der Waals surface area contributed by atoms with Crippen LogP contribution >= 0.6 is 0 Å². The summed E-state index contributed by atoms with van der Waals surface area (Å²) in [5, 5.41) is 12.4. The number of aliphatic hydroxyl groups is 1. The van der Waals surface area contributed by atoms with E-state index in [1.54, 1.807) is 7.11 Å². The molecule has 1 aromatic rings. The van der Waals surface area contributed by atoms with Crippen LogP contribution in [-0.2, 0) is 25.4 Å². The van der Waals surface area contributed by atoms with Gasteiger partial charge < -0.3 is 34.1 Å². The van der Waals surface area contributed by atoms with Crippen LogP contribution in [-0.4, -0.2) is 68.0 Å². The monoisotopic (exact) mass is 579 g/mol. The number of methoxy groups -OCH3 is 1. The van der Waals surface area contributed by atoms with Crippen LogP contribution < -0.4 is 14.8 Å². The van der Waals surface area contributed by atoms with Gasteiger partial charge in [-0.25, -0.2) is 4.79 Å². The van der Waals surface area contributed by atoms with Crippen LogP contribution in [0.4, 0.5) is 4.79 Å². The molecule has 0 aliphatic carbocycles. The van der Waals surface area contributed by atoms with Crippen LogP contribution in [0.1, 0.15) is 86.1 Å². The van der Waals surface area contributed by atoms with E-state index in [4.69, 9.17) is 23.7 Å². The summed E-state index contributed by atoms with van der Waals surface area (Å²) in [5.74, 6) is 1.20. The molecule has 41 heavy (non-hydrogen) atoms. The van der Waals surface area contributed by atoms with E-state index >= 15 is 0 Å². The summed E-state index contributed by atoms with van der Waals surface area (Å²) < 4.78 is 28.9. The van der Waals surface area contributed by atoms with Crippen LogP contribution in [0.3, 0.4) is 0 Å². The summed E-state index contributed by atoms with van der Waals surface area (Å²) >= 11 is 0. The van der Waals surface area contributed by atoms with Gasteiger partial charge in [0, 0.05) is 39.6 Å². The molecule has 1 saturated heterocycles. The minimum absolute atomic E-state index is 0.0360. The summed E-state index contributed by atoms with van der Waals surface area (Å²) in [6.45, 7) is 15.2. The third-order valence-electron chi connectivity index (χ3n) is 7.21. The van der Waals surface area contributed by atoms with E-state index in [0.29, 0.717) is 69.3 Å². The van der Waals surface area contributed by atoms with Crippen LogP contribution in [0, 0.1) is 17.8 Å². The van der Waals surface area contributed by atoms with E-state index in [0.717, 1.165) is 12.0 Å². The van der Waals surface area contributed by atoms with E-state index in [2.05, 4.69) is 19.2 Å². The van der Waals surface area contributed by atoms with Crippen molar-refractivity contribution >= 4 is 12.1 Å². The molecule has 9 nitrogen and oxygen atoms in total. The molecule has 1 aliphatic rings. The molecule has 0 radical (unpaired) electrons. The molecule has 1 aliphatic heterocycles. The predicted molar refractivity (Wildman–Crippen MR) is 158 cm³/mol. The van der Waals surface area contributed by atoms with Gasteiger partial charge in [-0.05, 0) is 69.6 Å². The Morgan fingerprint density at radius 3 is 2.34 bits per heavy atom. The van der Waals surface area contributed by atoms with Gasteiger partial charge in [0.25, 0.3) is 0 Å². The maximum absolute atomic E-state index is 13.3. The number of carbonyl (C=O) groups is 2. The minimum atomic E-state index is -0.890. The third kappa shape index (κ3) is 11.3. The molecule has 0 saturated carbocycles. The van der Waals surface area contributed by atoms with Gasteiger partial charge >= 0.3 is 12.1 Å². The fraction of sp³-hybridized carbons (Fsp3) is 0.750. The van der Waals surface area contributed by atoms with Crippen molar-refractivity contribution in [3.8, 4) is 11.5 Å². The first-order chi connectivity index (χ1) is 19.3. The van der Waals surface area contributed by atoms with Crippen LogP contribution in [0.25, 0.3) is 0 Å². The highest BCUT2D eigenvalue weighted by Crippen LogP contribution is 2.39. The number of benzene rings is 1. The Morgan fingerprint density at radius 2 is 1.76 bits per heavy atom. The number of aliphatic hydroxyl groups excluding tert-OH is 1. The zero-order valence-electron chi connectivity index (χ0n) is 26.4. The molecule has 3 atom stereocenters. The second-order valence-electron chi connectivity index (χ2n) is 12.8. The Kier molecular flexibility index (Phi) is 13.7. The number of hydrogen-bond acceptors (Lipinski definition) is 8. The van der Waals surface area contributed by atoms with Gasteiger partial charge in [-0.1, -0.05) is 33.8 Å². The molecule has 0 aromatic heterocycles. The smallest absolute Gasteiger partial charge is 0.408 e. The molecule has 1 fully saturated rings. The average molecular weight is 580 g/mol. The van der Waals surface area contributed by atoms with Crippen molar-refractivity contribution in [2.24, 2.45) is 17.8 Å². The molecule has 1 amide bonds. The number of rotatable bonds is 17. The normalized spacial score (nSPS) is 18.8. The van der Waals surface area contributed by atoms with E-state index in [1.807, 2.05) is 52.8 Å². The highest BCUT2D eigenvalue weighted by Gasteiger charge is 2.50. The number of amides is 1. The molecule has 0 bridgehead atoms. The largest absolute Gasteiger partial charge is 0.490 e. The van der Waals surface area contributed by atoms with Crippen LogP contribution in [0.5, 0.6) is 11.5 Å². The van der Waals surface area contributed by atoms with Crippen LogP contribution in [0.2, 0.25) is 0 Å². The van der Waals surface area contributed by atoms with E-state index in [9.17, 15) is 14.7 Å². The van der Waals surface area contributed by atoms with Gasteiger partial charge in [0.1, 0.15) is 11.7 Å². The highest BCUT2D eigenvalue weighted by atomic mass is 16.6. The second-order valence-corrected chi connectivity index (χ2v) is 12.8. The van der Waals surface area contributed by atoms with Crippen molar-refractivity contribution in [1.29, 1.82) is 0 Å². The standard InChI is InChI=1S/C32H53NO8/c1-22(2)13-14-32(33-30(36)41-31(5,6)7,28-20-25(23(3)4)29(35)40-28)21-24-11-12-26(38-17-9-15-34)27(19-24)39-18-10-16-37-8/h11-12,19,22-23,25,28,34H,9-10,13-18,20-21H2,1-8H3,(H,33,36)/t25-,28-,32-/m0/s1. The number of ether oxygens (including phenoxy) is 5. The van der Waals surface area contributed by atoms with Gasteiger partial charge in [-0.3, -0.25) is 4.79 Å². The lowest BCUT2D eigenvalue weighted by atomic mass is 9.77. The Labute approximate surface area is 246 Å². The number of hydrogen-bond donors (Lipinski definition) is 2. The van der Waals surface area contributed by atoms with Gasteiger partial charge in [0.2, 0.25) is 0 Å². The van der Waals surface area contributed by atoms with Crippen LogP contribution in [0.15, 0.2) is 18.2 Å². The Morgan fingerprint density at radius 1 is 1.07 bits per heavy atom. The zero-order chi connectivity index (χ0) is 30.6. The highest BCUT2D eigenvalue weighted by molar-refractivity contribution is 5.76. The number of carbonyl (C=O) groups excluding carboxylic acids is 2. The van der Waals surface area contributed by atoms with Crippen molar-refractivity contribution in [3.63, 3.8) is 0 Å². The molecule has 2 rings (SSSR count). The van der Waals surface area contributed by atoms with E-state index in [1.165, 1.54) is 0 Å². The van der Waals surface area contributed by atoms with E-state index < -0.39 is 23.3 Å². The first-order valence-electron chi connectivity index (χ1n) is 15.0. The minimum Gasteiger partial charge on any atom is -0.490 e. The van der Waals surface area contributed by atoms with Crippen molar-refractivity contribution in [2.75, 3.05) is 33.5 Å². The number of alkyl carbamates (subject to hydrolysis) is 1. The molecular formula is C32H53NO8. The summed E-state index contributed by atoms with van der Waals surface area (Å²) in [5.41, 5.74) is -0.666. The van der Waals surface area contributed by atoms with Gasteiger partial charge in [-0.2, -0.15) is 0 Å². The molecule has 234 valence electrons. The summed E-state index contributed by atoms with van der Waals surface area (Å²) in [6.07, 6.45) is 2.52. The molecular weight excluding hydrogens is 526 g/mol. The maximum atomic E-state index is 13.3. The average Bonchev–Trinajstić information content (AvgIpc) is 3.28. The Balaban J connectivity index is 2.51. The third-order valence-corrected chi connectivity index (χ3v) is 7.21. The summed E-state index contributed by atoms with van der Waals surface area (Å²) in [6, 6.07) is 5.74. The number of nitrogens with one attached hydrogen (secondary N) is 1. The predicted octanol–water partition coefficient (Wildman–Crippen LogP) is 5.69. The van der Waals surface area contributed by atoms with Crippen molar-refractivity contribution in [1.82, 2.24) is 5.32 Å². The maximum Gasteiger partial charge on any atom is 0.408 e. The lowest BCUT2D eigenvalue weighted by molar-refractivity contribution is -0.148. The zero-order valence-corrected chi connectivity index (χ0v) is 26.4. The second kappa shape index (κ2) is 16.2. The number of cyclic esters (lactones) is 1. The van der Waals surface area contributed by atoms with Gasteiger partial charge in [0.15, 0.2) is 11.5 Å².